The van der Waals surface area contributed by atoms with Crippen molar-refractivity contribution in [2.45, 2.75) is 58.6 Å². The van der Waals surface area contributed by atoms with Gasteiger partial charge in [-0.15, -0.1) is 0 Å². The predicted octanol–water partition coefficient (Wildman–Crippen LogP) is 3.25. The Morgan fingerprint density at radius 1 is 1.43 bits per heavy atom. The lowest BCUT2D eigenvalue weighted by Gasteiger charge is -2.25. The number of aromatic nitrogens is 2. The molecule has 0 spiro atoms. The maximum atomic E-state index is 11.7. The van der Waals surface area contributed by atoms with E-state index in [1.807, 2.05) is 33.8 Å². The largest absolute Gasteiger partial charge is 0.444 e. The van der Waals surface area contributed by atoms with Crippen LogP contribution in [0.3, 0.4) is 0 Å². The Bertz CT molecular complexity index is 547. The molecule has 0 aromatic carbocycles. The van der Waals surface area contributed by atoms with Gasteiger partial charge in [0, 0.05) is 6.04 Å². The van der Waals surface area contributed by atoms with Gasteiger partial charge in [-0.25, -0.2) is 4.79 Å². The number of allylic oxidation sites excluding steroid dienone is 1. The van der Waals surface area contributed by atoms with Crippen LogP contribution in [0.4, 0.5) is 4.79 Å². The summed E-state index contributed by atoms with van der Waals surface area (Å²) in [5.74, 6) is 0. The molecular weight excluding hydrogens is 266 g/mol. The lowest BCUT2D eigenvalue weighted by atomic mass is 9.93. The maximum Gasteiger partial charge on any atom is 0.407 e. The van der Waals surface area contributed by atoms with E-state index in [9.17, 15) is 4.79 Å². The minimum absolute atomic E-state index is 0.126. The fraction of sp³-hybridized carbons (Fsp3) is 0.562. The van der Waals surface area contributed by atoms with Gasteiger partial charge in [-0.05, 0) is 64.2 Å². The van der Waals surface area contributed by atoms with Crippen molar-refractivity contribution in [1.29, 1.82) is 0 Å². The molecule has 2 rings (SSSR count). The van der Waals surface area contributed by atoms with Crippen molar-refractivity contribution >= 4 is 11.7 Å². The highest BCUT2D eigenvalue weighted by molar-refractivity contribution is 5.69. The van der Waals surface area contributed by atoms with Crippen LogP contribution in [0.15, 0.2) is 18.3 Å². The number of carbonyl (C=O) groups is 1. The summed E-state index contributed by atoms with van der Waals surface area (Å²) >= 11 is 0. The first kappa shape index (κ1) is 15.5. The fourth-order valence-electron chi connectivity index (χ4n) is 2.29. The minimum Gasteiger partial charge on any atom is -0.444 e. The predicted molar refractivity (Wildman–Crippen MR) is 81.8 cm³/mol. The molecule has 5 heteroatoms. The second-order valence-corrected chi connectivity index (χ2v) is 6.47. The zero-order chi connectivity index (χ0) is 15.5. The molecule has 21 heavy (non-hydrogen) atoms. The summed E-state index contributed by atoms with van der Waals surface area (Å²) in [7, 11) is 0. The molecule has 5 nitrogen and oxygen atoms in total. The van der Waals surface area contributed by atoms with Crippen LogP contribution in [0.25, 0.3) is 5.57 Å². The highest BCUT2D eigenvalue weighted by Gasteiger charge is 2.21. The smallest absolute Gasteiger partial charge is 0.407 e. The summed E-state index contributed by atoms with van der Waals surface area (Å²) in [6, 6.07) is 2.17. The second-order valence-electron chi connectivity index (χ2n) is 6.47. The highest BCUT2D eigenvalue weighted by Crippen LogP contribution is 2.26. The standard InChI is InChI=1S/C16H23N3O2/c1-11-9-14(19-17-10-11)12-5-7-13(8-6-12)18-15(20)21-16(2,3)4/h5,9-10,13H,6-8H2,1-4H3,(H,18,20). The van der Waals surface area contributed by atoms with Crippen LogP contribution in [-0.4, -0.2) is 27.9 Å². The van der Waals surface area contributed by atoms with Gasteiger partial charge in [0.2, 0.25) is 0 Å². The van der Waals surface area contributed by atoms with E-state index >= 15 is 0 Å². The Balaban J connectivity index is 1.91. The van der Waals surface area contributed by atoms with Crippen molar-refractivity contribution < 1.29 is 9.53 Å². The van der Waals surface area contributed by atoms with Gasteiger partial charge in [0.05, 0.1) is 11.9 Å². The molecule has 1 heterocycles. The van der Waals surface area contributed by atoms with Gasteiger partial charge in [-0.2, -0.15) is 10.2 Å². The molecule has 0 saturated heterocycles. The van der Waals surface area contributed by atoms with Gasteiger partial charge in [0.1, 0.15) is 5.60 Å². The van der Waals surface area contributed by atoms with Gasteiger partial charge in [-0.1, -0.05) is 6.08 Å². The zero-order valence-corrected chi connectivity index (χ0v) is 13.1. The van der Waals surface area contributed by atoms with Gasteiger partial charge >= 0.3 is 6.09 Å². The van der Waals surface area contributed by atoms with E-state index in [0.717, 1.165) is 30.5 Å². The van der Waals surface area contributed by atoms with Gasteiger partial charge < -0.3 is 10.1 Å². The zero-order valence-electron chi connectivity index (χ0n) is 13.1. The number of hydrogen-bond acceptors (Lipinski definition) is 4. The van der Waals surface area contributed by atoms with E-state index in [1.165, 1.54) is 5.57 Å². The van der Waals surface area contributed by atoms with Crippen LogP contribution in [-0.2, 0) is 4.74 Å². The summed E-state index contributed by atoms with van der Waals surface area (Å²) in [5, 5.41) is 11.1. The number of amides is 1. The fourth-order valence-corrected chi connectivity index (χ4v) is 2.29. The van der Waals surface area contributed by atoms with Gasteiger partial charge in [0.25, 0.3) is 0 Å². The Hall–Kier alpha value is -1.91. The summed E-state index contributed by atoms with van der Waals surface area (Å²) in [6.45, 7) is 7.60. The van der Waals surface area contributed by atoms with E-state index in [-0.39, 0.29) is 12.1 Å². The average Bonchev–Trinajstić information content (AvgIpc) is 2.37. The van der Waals surface area contributed by atoms with Crippen molar-refractivity contribution in [2.75, 3.05) is 0 Å². The number of ether oxygens (including phenoxy) is 1. The van der Waals surface area contributed by atoms with E-state index in [1.54, 1.807) is 6.20 Å². The Morgan fingerprint density at radius 3 is 2.76 bits per heavy atom. The average molecular weight is 289 g/mol. The first-order chi connectivity index (χ1) is 9.83. The topological polar surface area (TPSA) is 64.1 Å². The van der Waals surface area contributed by atoms with Crippen LogP contribution in [0.2, 0.25) is 0 Å². The number of aryl methyl sites for hydroxylation is 1. The number of nitrogens with zero attached hydrogens (tertiary/aromatic N) is 2. The summed E-state index contributed by atoms with van der Waals surface area (Å²) in [6.07, 6.45) is 6.11. The lowest BCUT2D eigenvalue weighted by molar-refractivity contribution is 0.0502. The molecule has 1 N–H and O–H groups in total. The monoisotopic (exact) mass is 289 g/mol. The Labute approximate surface area is 125 Å². The number of hydrogen-bond donors (Lipinski definition) is 1. The number of nitrogens with one attached hydrogen (secondary N) is 1. The lowest BCUT2D eigenvalue weighted by Crippen LogP contribution is -2.39. The molecule has 1 amide bonds. The molecule has 0 bridgehead atoms. The summed E-state index contributed by atoms with van der Waals surface area (Å²) in [5.41, 5.74) is 2.78. The summed E-state index contributed by atoms with van der Waals surface area (Å²) < 4.78 is 5.27. The molecule has 1 aromatic rings. The van der Waals surface area contributed by atoms with Crippen molar-refractivity contribution in [3.8, 4) is 0 Å². The quantitative estimate of drug-likeness (QED) is 0.907. The second kappa shape index (κ2) is 6.24. The SMILES string of the molecule is Cc1cnnc(C2=CCC(NC(=O)OC(C)(C)C)CC2)c1. The van der Waals surface area contributed by atoms with Crippen LogP contribution in [0, 0.1) is 6.92 Å². The molecule has 1 aromatic heterocycles. The molecule has 0 saturated carbocycles. The molecule has 1 aliphatic carbocycles. The summed E-state index contributed by atoms with van der Waals surface area (Å²) in [4.78, 5) is 11.7. The van der Waals surface area contributed by atoms with E-state index < -0.39 is 5.60 Å². The molecule has 114 valence electrons. The van der Waals surface area contributed by atoms with Crippen LogP contribution >= 0.6 is 0 Å². The van der Waals surface area contributed by atoms with E-state index in [4.69, 9.17) is 4.74 Å². The molecule has 1 atom stereocenters. The third-order valence-corrected chi connectivity index (χ3v) is 3.25. The van der Waals surface area contributed by atoms with Gasteiger partial charge in [0.15, 0.2) is 0 Å². The van der Waals surface area contributed by atoms with Crippen LogP contribution in [0.1, 0.15) is 51.3 Å². The first-order valence-corrected chi connectivity index (χ1v) is 7.32. The third kappa shape index (κ3) is 4.85. The first-order valence-electron chi connectivity index (χ1n) is 7.32. The molecule has 0 radical (unpaired) electrons. The third-order valence-electron chi connectivity index (χ3n) is 3.25. The highest BCUT2D eigenvalue weighted by atomic mass is 16.6. The Morgan fingerprint density at radius 2 is 2.19 bits per heavy atom. The van der Waals surface area contributed by atoms with E-state index in [2.05, 4.69) is 21.6 Å². The Kier molecular flexibility index (Phi) is 4.60. The number of rotatable bonds is 2. The van der Waals surface area contributed by atoms with Crippen molar-refractivity contribution in [1.82, 2.24) is 15.5 Å². The maximum absolute atomic E-state index is 11.7. The van der Waals surface area contributed by atoms with Crippen molar-refractivity contribution in [2.24, 2.45) is 0 Å². The van der Waals surface area contributed by atoms with Crippen molar-refractivity contribution in [3.63, 3.8) is 0 Å². The van der Waals surface area contributed by atoms with Crippen LogP contribution in [0.5, 0.6) is 0 Å². The molecule has 0 fully saturated rings. The normalized spacial score (nSPS) is 18.9. The van der Waals surface area contributed by atoms with Gasteiger partial charge in [-0.3, -0.25) is 0 Å². The molecule has 1 unspecified atom stereocenters. The van der Waals surface area contributed by atoms with E-state index in [0.29, 0.717) is 0 Å². The number of alkyl carbamates (subject to hydrolysis) is 1. The number of carbonyl (C=O) groups excluding carboxylic acids is 1. The minimum atomic E-state index is -0.461. The molecule has 0 aliphatic heterocycles. The molecular formula is C16H23N3O2. The van der Waals surface area contributed by atoms with Crippen LogP contribution < -0.4 is 5.32 Å². The molecule has 1 aliphatic rings. The van der Waals surface area contributed by atoms with Crippen molar-refractivity contribution in [3.05, 3.63) is 29.6 Å².